The SMILES string of the molecule is CC(=O)c1cc(F)c(C)cc1OCC1CC1. The van der Waals surface area contributed by atoms with E-state index in [1.165, 1.54) is 25.8 Å². The summed E-state index contributed by atoms with van der Waals surface area (Å²) >= 11 is 0. The minimum atomic E-state index is -0.357. The van der Waals surface area contributed by atoms with Gasteiger partial charge in [0, 0.05) is 0 Å². The Bertz CT molecular complexity index is 422. The van der Waals surface area contributed by atoms with Crippen LogP contribution in [0, 0.1) is 18.7 Å². The van der Waals surface area contributed by atoms with E-state index in [0.29, 0.717) is 29.4 Å². The Labute approximate surface area is 94.4 Å². The van der Waals surface area contributed by atoms with Crippen molar-refractivity contribution in [2.24, 2.45) is 5.92 Å². The maximum atomic E-state index is 13.3. The Morgan fingerprint density at radius 1 is 1.50 bits per heavy atom. The summed E-state index contributed by atoms with van der Waals surface area (Å²) in [6, 6.07) is 2.87. The van der Waals surface area contributed by atoms with Crippen LogP contribution in [0.3, 0.4) is 0 Å². The van der Waals surface area contributed by atoms with E-state index in [1.54, 1.807) is 13.0 Å². The molecule has 3 heteroatoms. The molecule has 0 saturated heterocycles. The van der Waals surface area contributed by atoms with Gasteiger partial charge in [-0.15, -0.1) is 0 Å². The Morgan fingerprint density at radius 2 is 2.19 bits per heavy atom. The number of hydrogen-bond acceptors (Lipinski definition) is 2. The second kappa shape index (κ2) is 4.24. The zero-order chi connectivity index (χ0) is 11.7. The predicted octanol–water partition coefficient (Wildman–Crippen LogP) is 3.13. The first-order valence-electron chi connectivity index (χ1n) is 5.52. The molecule has 0 atom stereocenters. The van der Waals surface area contributed by atoms with Crippen LogP contribution in [-0.2, 0) is 0 Å². The van der Waals surface area contributed by atoms with E-state index in [1.807, 2.05) is 0 Å². The van der Waals surface area contributed by atoms with Crippen LogP contribution in [-0.4, -0.2) is 12.4 Å². The second-order valence-electron chi connectivity index (χ2n) is 4.41. The van der Waals surface area contributed by atoms with Crippen LogP contribution in [0.1, 0.15) is 35.7 Å². The Morgan fingerprint density at radius 3 is 2.75 bits per heavy atom. The Kier molecular flexibility index (Phi) is 2.95. The van der Waals surface area contributed by atoms with E-state index in [0.717, 1.165) is 0 Å². The van der Waals surface area contributed by atoms with Crippen LogP contribution in [0.25, 0.3) is 0 Å². The molecule has 0 bridgehead atoms. The molecule has 1 aromatic rings. The van der Waals surface area contributed by atoms with Crippen LogP contribution in [0.5, 0.6) is 5.75 Å². The highest BCUT2D eigenvalue weighted by Crippen LogP contribution is 2.31. The van der Waals surface area contributed by atoms with Gasteiger partial charge in [0.2, 0.25) is 0 Å². The van der Waals surface area contributed by atoms with Crippen molar-refractivity contribution in [2.45, 2.75) is 26.7 Å². The number of carbonyl (C=O) groups is 1. The number of halogens is 1. The van der Waals surface area contributed by atoms with Crippen molar-refractivity contribution in [3.8, 4) is 5.75 Å². The quantitative estimate of drug-likeness (QED) is 0.731. The van der Waals surface area contributed by atoms with E-state index in [9.17, 15) is 9.18 Å². The van der Waals surface area contributed by atoms with Gasteiger partial charge in [-0.25, -0.2) is 4.39 Å². The molecule has 0 radical (unpaired) electrons. The molecule has 1 aliphatic rings. The molecule has 0 N–H and O–H groups in total. The van der Waals surface area contributed by atoms with Gasteiger partial charge in [-0.3, -0.25) is 4.79 Å². The third-order valence-electron chi connectivity index (χ3n) is 2.81. The first kappa shape index (κ1) is 11.1. The minimum absolute atomic E-state index is 0.162. The van der Waals surface area contributed by atoms with Gasteiger partial charge in [-0.2, -0.15) is 0 Å². The summed E-state index contributed by atoms with van der Waals surface area (Å²) in [7, 11) is 0. The van der Waals surface area contributed by atoms with E-state index < -0.39 is 0 Å². The highest BCUT2D eigenvalue weighted by Gasteiger charge is 2.23. The zero-order valence-electron chi connectivity index (χ0n) is 9.55. The fourth-order valence-electron chi connectivity index (χ4n) is 1.54. The molecule has 1 aliphatic carbocycles. The van der Waals surface area contributed by atoms with Crippen LogP contribution in [0.15, 0.2) is 12.1 Å². The molecular formula is C13H15FO2. The summed E-state index contributed by atoms with van der Waals surface area (Å²) in [5.74, 6) is 0.608. The molecule has 86 valence electrons. The van der Waals surface area contributed by atoms with Crippen LogP contribution in [0.4, 0.5) is 4.39 Å². The smallest absolute Gasteiger partial charge is 0.163 e. The Balaban J connectivity index is 2.24. The first-order valence-corrected chi connectivity index (χ1v) is 5.52. The summed E-state index contributed by atoms with van der Waals surface area (Å²) in [5.41, 5.74) is 0.847. The molecule has 2 rings (SSSR count). The third kappa shape index (κ3) is 2.40. The molecule has 0 heterocycles. The van der Waals surface area contributed by atoms with Crippen molar-refractivity contribution in [3.05, 3.63) is 29.1 Å². The average Bonchev–Trinajstić information content (AvgIpc) is 3.02. The standard InChI is InChI=1S/C13H15FO2/c1-8-5-13(16-7-10-3-4-10)11(9(2)15)6-12(8)14/h5-6,10H,3-4,7H2,1-2H3. The van der Waals surface area contributed by atoms with Crippen molar-refractivity contribution in [1.82, 2.24) is 0 Å². The first-order chi connectivity index (χ1) is 7.58. The van der Waals surface area contributed by atoms with Crippen LogP contribution >= 0.6 is 0 Å². The van der Waals surface area contributed by atoms with E-state index in [2.05, 4.69) is 0 Å². The molecule has 0 unspecified atom stereocenters. The van der Waals surface area contributed by atoms with Crippen molar-refractivity contribution >= 4 is 5.78 Å². The normalized spacial score (nSPS) is 14.9. The molecule has 2 nitrogen and oxygen atoms in total. The van der Waals surface area contributed by atoms with Gasteiger partial charge in [0.05, 0.1) is 12.2 Å². The maximum Gasteiger partial charge on any atom is 0.163 e. The van der Waals surface area contributed by atoms with E-state index in [4.69, 9.17) is 4.74 Å². The number of hydrogen-bond donors (Lipinski definition) is 0. The van der Waals surface area contributed by atoms with Gasteiger partial charge in [0.15, 0.2) is 5.78 Å². The number of carbonyl (C=O) groups excluding carboxylic acids is 1. The van der Waals surface area contributed by atoms with Crippen molar-refractivity contribution < 1.29 is 13.9 Å². The van der Waals surface area contributed by atoms with E-state index in [-0.39, 0.29) is 11.6 Å². The molecule has 0 aliphatic heterocycles. The molecular weight excluding hydrogens is 207 g/mol. The van der Waals surface area contributed by atoms with Gasteiger partial charge in [0.1, 0.15) is 11.6 Å². The Hall–Kier alpha value is -1.38. The van der Waals surface area contributed by atoms with Crippen LogP contribution in [0.2, 0.25) is 0 Å². The summed E-state index contributed by atoms with van der Waals surface area (Å²) in [4.78, 5) is 11.3. The highest BCUT2D eigenvalue weighted by atomic mass is 19.1. The van der Waals surface area contributed by atoms with Crippen molar-refractivity contribution in [3.63, 3.8) is 0 Å². The lowest BCUT2D eigenvalue weighted by atomic mass is 10.1. The van der Waals surface area contributed by atoms with E-state index >= 15 is 0 Å². The molecule has 0 aromatic heterocycles. The fraction of sp³-hybridized carbons (Fsp3) is 0.462. The lowest BCUT2D eigenvalue weighted by molar-refractivity contribution is 0.101. The molecule has 16 heavy (non-hydrogen) atoms. The summed E-state index contributed by atoms with van der Waals surface area (Å²) in [6.45, 7) is 3.72. The molecule has 1 fully saturated rings. The molecule has 1 aromatic carbocycles. The topological polar surface area (TPSA) is 26.3 Å². The van der Waals surface area contributed by atoms with Gasteiger partial charge in [-0.1, -0.05) is 0 Å². The second-order valence-corrected chi connectivity index (χ2v) is 4.41. The lowest BCUT2D eigenvalue weighted by Gasteiger charge is -2.10. The number of aryl methyl sites for hydroxylation is 1. The number of ether oxygens (including phenoxy) is 1. The summed E-state index contributed by atoms with van der Waals surface area (Å²) in [6.07, 6.45) is 2.38. The summed E-state index contributed by atoms with van der Waals surface area (Å²) < 4.78 is 18.9. The number of rotatable bonds is 4. The van der Waals surface area contributed by atoms with Crippen molar-refractivity contribution in [1.29, 1.82) is 0 Å². The van der Waals surface area contributed by atoms with Gasteiger partial charge < -0.3 is 4.74 Å². The molecule has 0 spiro atoms. The van der Waals surface area contributed by atoms with Gasteiger partial charge in [-0.05, 0) is 50.3 Å². The average molecular weight is 222 g/mol. The monoisotopic (exact) mass is 222 g/mol. The number of benzene rings is 1. The van der Waals surface area contributed by atoms with Gasteiger partial charge >= 0.3 is 0 Å². The van der Waals surface area contributed by atoms with Gasteiger partial charge in [0.25, 0.3) is 0 Å². The largest absolute Gasteiger partial charge is 0.493 e. The van der Waals surface area contributed by atoms with Crippen molar-refractivity contribution in [2.75, 3.05) is 6.61 Å². The minimum Gasteiger partial charge on any atom is -0.493 e. The third-order valence-corrected chi connectivity index (χ3v) is 2.81. The fourth-order valence-corrected chi connectivity index (χ4v) is 1.54. The molecule has 0 amide bonds. The molecule has 1 saturated carbocycles. The zero-order valence-corrected chi connectivity index (χ0v) is 9.55. The highest BCUT2D eigenvalue weighted by molar-refractivity contribution is 5.96. The number of ketones is 1. The predicted molar refractivity (Wildman–Crippen MR) is 59.4 cm³/mol. The van der Waals surface area contributed by atoms with Crippen LogP contribution < -0.4 is 4.74 Å². The maximum absolute atomic E-state index is 13.3. The summed E-state index contributed by atoms with van der Waals surface area (Å²) in [5, 5.41) is 0. The lowest BCUT2D eigenvalue weighted by Crippen LogP contribution is -2.05. The number of Topliss-reactive ketones (excluding diaryl/α,β-unsaturated/α-hetero) is 1.